The number of carbonyl (C=O) groups is 1. The number of amides is 1. The van der Waals surface area contributed by atoms with E-state index in [1.807, 2.05) is 18.2 Å². The van der Waals surface area contributed by atoms with Crippen molar-refractivity contribution >= 4 is 5.91 Å². The van der Waals surface area contributed by atoms with Crippen molar-refractivity contribution in [1.29, 1.82) is 0 Å². The first-order valence-electron chi connectivity index (χ1n) is 9.77. The normalized spacial score (nSPS) is 22.2. The van der Waals surface area contributed by atoms with Gasteiger partial charge in [0.25, 0.3) is 5.91 Å². The molecule has 7 heteroatoms. The first-order valence-corrected chi connectivity index (χ1v) is 9.77. The number of carbonyl (C=O) groups excluding carboxylic acids is 1. The van der Waals surface area contributed by atoms with Gasteiger partial charge < -0.3 is 19.3 Å². The Hall–Kier alpha value is -2.54. The van der Waals surface area contributed by atoms with Gasteiger partial charge in [-0.1, -0.05) is 18.1 Å². The van der Waals surface area contributed by atoms with Crippen molar-refractivity contribution in [3.63, 3.8) is 0 Å². The number of likely N-dealkylation sites (tertiary alicyclic amines) is 1. The van der Waals surface area contributed by atoms with Crippen LogP contribution in [0.1, 0.15) is 47.3 Å². The van der Waals surface area contributed by atoms with Crippen LogP contribution in [0.2, 0.25) is 0 Å². The van der Waals surface area contributed by atoms with Gasteiger partial charge in [0.15, 0.2) is 5.69 Å². The lowest BCUT2D eigenvalue weighted by Crippen LogP contribution is -2.40. The molecule has 4 rings (SSSR count). The third-order valence-corrected chi connectivity index (χ3v) is 5.72. The van der Waals surface area contributed by atoms with Crippen LogP contribution in [0.25, 0.3) is 0 Å². The zero-order valence-corrected chi connectivity index (χ0v) is 16.6. The van der Waals surface area contributed by atoms with Crippen molar-refractivity contribution in [2.45, 2.75) is 38.3 Å². The molecule has 0 bridgehead atoms. The Balaban J connectivity index is 1.39. The van der Waals surface area contributed by atoms with Crippen LogP contribution in [-0.4, -0.2) is 49.3 Å². The van der Waals surface area contributed by atoms with E-state index < -0.39 is 0 Å². The van der Waals surface area contributed by atoms with Crippen molar-refractivity contribution < 1.29 is 18.8 Å². The number of benzene rings is 1. The van der Waals surface area contributed by atoms with Crippen LogP contribution in [0.5, 0.6) is 11.5 Å². The van der Waals surface area contributed by atoms with E-state index in [9.17, 15) is 4.79 Å². The van der Waals surface area contributed by atoms with E-state index >= 15 is 0 Å². The number of nitrogens with zero attached hydrogens (tertiary/aromatic N) is 2. The van der Waals surface area contributed by atoms with Gasteiger partial charge in [0.1, 0.15) is 17.8 Å². The largest absolute Gasteiger partial charge is 0.497 e. The Morgan fingerprint density at radius 1 is 1.29 bits per heavy atom. The second kappa shape index (κ2) is 7.83. The predicted octanol–water partition coefficient (Wildman–Crippen LogP) is 2.82. The fraction of sp³-hybridized carbons (Fsp3) is 0.524. The minimum Gasteiger partial charge on any atom is -0.497 e. The average Bonchev–Trinajstić information content (AvgIpc) is 3.32. The second-order valence-electron chi connectivity index (χ2n) is 7.82. The van der Waals surface area contributed by atoms with E-state index in [4.69, 9.17) is 14.0 Å². The summed E-state index contributed by atoms with van der Waals surface area (Å²) in [5.74, 6) is 2.25. The molecule has 1 aromatic heterocycles. The zero-order valence-electron chi connectivity index (χ0n) is 16.6. The molecule has 1 aliphatic heterocycles. The molecule has 150 valence electrons. The van der Waals surface area contributed by atoms with Crippen LogP contribution < -0.4 is 14.8 Å². The molecule has 1 aromatic carbocycles. The Kier molecular flexibility index (Phi) is 5.26. The first kappa shape index (κ1) is 18.8. The molecule has 1 N–H and O–H groups in total. The topological polar surface area (TPSA) is 76.8 Å². The number of hydrogen-bond donors (Lipinski definition) is 1. The van der Waals surface area contributed by atoms with Crippen LogP contribution in [0.15, 0.2) is 29.0 Å². The average molecular weight is 385 g/mol. The minimum atomic E-state index is -0.128. The first-order chi connectivity index (χ1) is 13.6. The number of ether oxygens (including phenoxy) is 2. The van der Waals surface area contributed by atoms with Crippen LogP contribution in [-0.2, 0) is 6.54 Å². The number of aromatic nitrogens is 1. The summed E-state index contributed by atoms with van der Waals surface area (Å²) in [5, 5.41) is 7.10. The molecule has 1 saturated heterocycles. The van der Waals surface area contributed by atoms with Crippen molar-refractivity contribution in [1.82, 2.24) is 15.4 Å². The molecule has 0 radical (unpaired) electrons. The Morgan fingerprint density at radius 3 is 2.82 bits per heavy atom. The lowest BCUT2D eigenvalue weighted by Gasteiger charge is -2.18. The monoisotopic (exact) mass is 385 g/mol. The van der Waals surface area contributed by atoms with Gasteiger partial charge in [0.05, 0.1) is 14.2 Å². The summed E-state index contributed by atoms with van der Waals surface area (Å²) in [6, 6.07) is 5.96. The quantitative estimate of drug-likeness (QED) is 0.790. The Bertz CT molecular complexity index is 846. The molecule has 2 aliphatic rings. The molecule has 1 amide bonds. The standard InChI is InChI=1S/C21H27N3O4/c1-13-9-24(10-15-6-7-16(26-2)8-19(15)27-3)11-18(13)22-21(25)20-17(12-28-23-20)14-4-5-14/h6-8,12-14,18H,4-5,9-11H2,1-3H3,(H,22,25)/t13-,18-/m1/s1. The van der Waals surface area contributed by atoms with E-state index in [1.165, 1.54) is 0 Å². The number of hydrogen-bond acceptors (Lipinski definition) is 6. The summed E-state index contributed by atoms with van der Waals surface area (Å²) in [6.07, 6.45) is 3.84. The van der Waals surface area contributed by atoms with Gasteiger partial charge in [-0.3, -0.25) is 9.69 Å². The van der Waals surface area contributed by atoms with E-state index in [0.717, 1.165) is 55.1 Å². The van der Waals surface area contributed by atoms with Crippen molar-refractivity contribution in [2.24, 2.45) is 5.92 Å². The van der Waals surface area contributed by atoms with E-state index in [2.05, 4.69) is 22.3 Å². The molecular weight excluding hydrogens is 358 g/mol. The van der Waals surface area contributed by atoms with E-state index in [0.29, 0.717) is 17.5 Å². The highest BCUT2D eigenvalue weighted by Gasteiger charge is 2.35. The summed E-state index contributed by atoms with van der Waals surface area (Å²) in [6.45, 7) is 4.63. The number of rotatable bonds is 7. The number of nitrogens with one attached hydrogen (secondary N) is 1. The maximum absolute atomic E-state index is 12.7. The second-order valence-corrected chi connectivity index (χ2v) is 7.82. The smallest absolute Gasteiger partial charge is 0.274 e. The maximum Gasteiger partial charge on any atom is 0.274 e. The summed E-state index contributed by atoms with van der Waals surface area (Å²) < 4.78 is 15.8. The highest BCUT2D eigenvalue weighted by Crippen LogP contribution is 2.41. The SMILES string of the molecule is COc1ccc(CN2C[C@@H](C)[C@H](NC(=O)c3nocc3C3CC3)C2)c(OC)c1. The van der Waals surface area contributed by atoms with Crippen LogP contribution in [0, 0.1) is 5.92 Å². The Labute approximate surface area is 165 Å². The fourth-order valence-corrected chi connectivity index (χ4v) is 3.95. The lowest BCUT2D eigenvalue weighted by molar-refractivity contribution is 0.0921. The minimum absolute atomic E-state index is 0.0838. The van der Waals surface area contributed by atoms with Gasteiger partial charge in [0, 0.05) is 42.9 Å². The molecule has 2 aromatic rings. The number of methoxy groups -OCH3 is 2. The molecular formula is C21H27N3O4. The lowest BCUT2D eigenvalue weighted by atomic mass is 10.1. The van der Waals surface area contributed by atoms with Gasteiger partial charge in [-0.25, -0.2) is 0 Å². The van der Waals surface area contributed by atoms with Crippen LogP contribution in [0.3, 0.4) is 0 Å². The van der Waals surface area contributed by atoms with Crippen molar-refractivity contribution in [3.8, 4) is 11.5 Å². The molecule has 2 atom stereocenters. The molecule has 2 heterocycles. The van der Waals surface area contributed by atoms with Gasteiger partial charge in [-0.15, -0.1) is 0 Å². The summed E-state index contributed by atoms with van der Waals surface area (Å²) in [5.41, 5.74) is 2.50. The van der Waals surface area contributed by atoms with Gasteiger partial charge in [0.2, 0.25) is 0 Å². The Morgan fingerprint density at radius 2 is 2.11 bits per heavy atom. The summed E-state index contributed by atoms with van der Waals surface area (Å²) >= 11 is 0. The molecule has 1 aliphatic carbocycles. The fourth-order valence-electron chi connectivity index (χ4n) is 3.95. The molecule has 0 unspecified atom stereocenters. The predicted molar refractivity (Wildman–Crippen MR) is 104 cm³/mol. The van der Waals surface area contributed by atoms with Crippen LogP contribution >= 0.6 is 0 Å². The summed E-state index contributed by atoms with van der Waals surface area (Å²) in [7, 11) is 3.32. The molecule has 1 saturated carbocycles. The zero-order chi connectivity index (χ0) is 19.7. The molecule has 28 heavy (non-hydrogen) atoms. The molecule has 0 spiro atoms. The highest BCUT2D eigenvalue weighted by molar-refractivity contribution is 5.94. The highest BCUT2D eigenvalue weighted by atomic mass is 16.5. The van der Waals surface area contributed by atoms with Gasteiger partial charge in [-0.05, 0) is 30.7 Å². The van der Waals surface area contributed by atoms with E-state index in [1.54, 1.807) is 20.5 Å². The van der Waals surface area contributed by atoms with Crippen LogP contribution in [0.4, 0.5) is 0 Å². The van der Waals surface area contributed by atoms with Crippen molar-refractivity contribution in [2.75, 3.05) is 27.3 Å². The third kappa shape index (κ3) is 3.85. The van der Waals surface area contributed by atoms with E-state index in [-0.39, 0.29) is 11.9 Å². The molecule has 7 nitrogen and oxygen atoms in total. The maximum atomic E-state index is 12.7. The van der Waals surface area contributed by atoms with Gasteiger partial charge in [-0.2, -0.15) is 0 Å². The third-order valence-electron chi connectivity index (χ3n) is 5.72. The van der Waals surface area contributed by atoms with Gasteiger partial charge >= 0.3 is 0 Å². The molecule has 2 fully saturated rings. The van der Waals surface area contributed by atoms with Crippen molar-refractivity contribution in [3.05, 3.63) is 41.3 Å². The summed E-state index contributed by atoms with van der Waals surface area (Å²) in [4.78, 5) is 15.0.